The average Bonchev–Trinajstić information content (AvgIpc) is 2.87. The van der Waals surface area contributed by atoms with Gasteiger partial charge in [-0.2, -0.15) is 0 Å². The molecule has 6 nitrogen and oxygen atoms in total. The summed E-state index contributed by atoms with van der Waals surface area (Å²) in [6, 6.07) is 0. The van der Waals surface area contributed by atoms with Crippen molar-refractivity contribution >= 4 is 6.29 Å². The Hall–Kier alpha value is -0.530. The van der Waals surface area contributed by atoms with Crippen molar-refractivity contribution in [3.05, 3.63) is 0 Å². The number of rotatable bonds is 4. The normalized spacial score (nSPS) is 36.6. The zero-order valence-electron chi connectivity index (χ0n) is 13.6. The second-order valence-electron chi connectivity index (χ2n) is 7.32. The van der Waals surface area contributed by atoms with Gasteiger partial charge in [-0.1, -0.05) is 13.8 Å². The van der Waals surface area contributed by atoms with E-state index in [2.05, 4.69) is 0 Å². The van der Waals surface area contributed by atoms with Crippen LogP contribution in [0.3, 0.4) is 0 Å². The van der Waals surface area contributed by atoms with E-state index in [1.165, 1.54) is 0 Å². The topological polar surface area (TPSA) is 74.2 Å². The number of carbonyl (C=O) groups is 1. The van der Waals surface area contributed by atoms with E-state index in [1.807, 2.05) is 13.8 Å². The molecule has 0 aliphatic carbocycles. The highest BCUT2D eigenvalue weighted by Crippen LogP contribution is 2.39. The molecule has 0 aromatic heterocycles. The Labute approximate surface area is 125 Å². The van der Waals surface area contributed by atoms with Crippen molar-refractivity contribution in [2.45, 2.75) is 77.5 Å². The fourth-order valence-electron chi connectivity index (χ4n) is 2.72. The first kappa shape index (κ1) is 16.8. The van der Waals surface area contributed by atoms with Crippen LogP contribution in [0.1, 0.15) is 41.5 Å². The van der Waals surface area contributed by atoms with Gasteiger partial charge in [0, 0.05) is 5.41 Å². The van der Waals surface area contributed by atoms with Crippen LogP contribution in [0, 0.1) is 5.41 Å². The Kier molecular flexibility index (Phi) is 4.23. The highest BCUT2D eigenvalue weighted by molar-refractivity contribution is 5.59. The third-order valence-corrected chi connectivity index (χ3v) is 3.94. The molecule has 0 radical (unpaired) electrons. The summed E-state index contributed by atoms with van der Waals surface area (Å²) in [6.45, 7) is 10.9. The quantitative estimate of drug-likeness (QED) is 0.788. The minimum atomic E-state index is -0.992. The number of hydrogen-bond acceptors (Lipinski definition) is 6. The summed E-state index contributed by atoms with van der Waals surface area (Å²) >= 11 is 0. The molecule has 1 N–H and O–H groups in total. The lowest BCUT2D eigenvalue weighted by atomic mass is 9.82. The second kappa shape index (κ2) is 5.28. The lowest BCUT2D eigenvalue weighted by Crippen LogP contribution is -2.49. The van der Waals surface area contributed by atoms with E-state index < -0.39 is 35.3 Å². The van der Waals surface area contributed by atoms with Crippen molar-refractivity contribution in [1.29, 1.82) is 0 Å². The number of ether oxygens (including phenoxy) is 4. The number of hydrogen-bond donors (Lipinski definition) is 1. The van der Waals surface area contributed by atoms with Crippen molar-refractivity contribution < 1.29 is 28.8 Å². The molecule has 2 heterocycles. The van der Waals surface area contributed by atoms with E-state index in [-0.39, 0.29) is 6.10 Å². The van der Waals surface area contributed by atoms with Crippen LogP contribution >= 0.6 is 0 Å². The van der Waals surface area contributed by atoms with Crippen LogP contribution in [0.25, 0.3) is 0 Å². The molecule has 0 saturated carbocycles. The van der Waals surface area contributed by atoms with Gasteiger partial charge in [-0.25, -0.2) is 0 Å². The first-order valence-electron chi connectivity index (χ1n) is 7.29. The molecule has 0 unspecified atom stereocenters. The molecule has 4 atom stereocenters. The monoisotopic (exact) mass is 302 g/mol. The standard InChI is InChI=1S/C15H26O6/c1-13(2,8-16)12(17)11-10(20-15(5,6)21-11)9-7-18-14(3,4)19-9/h8-12,17H,7H2,1-6H3/t9-,10-,11+,12-/m0/s1. The van der Waals surface area contributed by atoms with Gasteiger partial charge < -0.3 is 28.8 Å². The molecule has 2 rings (SSSR count). The van der Waals surface area contributed by atoms with Gasteiger partial charge >= 0.3 is 0 Å². The minimum Gasteiger partial charge on any atom is -0.389 e. The predicted octanol–water partition coefficient (Wildman–Crippen LogP) is 1.24. The van der Waals surface area contributed by atoms with E-state index in [4.69, 9.17) is 18.9 Å². The van der Waals surface area contributed by atoms with Gasteiger partial charge in [-0.3, -0.25) is 0 Å². The van der Waals surface area contributed by atoms with Crippen LogP contribution in [-0.2, 0) is 23.7 Å². The first-order chi connectivity index (χ1) is 9.47. The largest absolute Gasteiger partial charge is 0.389 e. The molecule has 21 heavy (non-hydrogen) atoms. The Morgan fingerprint density at radius 3 is 2.24 bits per heavy atom. The lowest BCUT2D eigenvalue weighted by Gasteiger charge is -2.32. The molecule has 0 aromatic rings. The van der Waals surface area contributed by atoms with Crippen molar-refractivity contribution in [1.82, 2.24) is 0 Å². The second-order valence-corrected chi connectivity index (χ2v) is 7.32. The molecular weight excluding hydrogens is 276 g/mol. The summed E-state index contributed by atoms with van der Waals surface area (Å²) in [5.74, 6) is -1.53. The summed E-state index contributed by atoms with van der Waals surface area (Å²) in [5.41, 5.74) is -0.929. The SMILES string of the molecule is CC1(C)O[C@@H]([C@@H]2COC(C)(C)O2)[C@H]([C@H](O)C(C)(C)C=O)O1. The lowest BCUT2D eigenvalue weighted by molar-refractivity contribution is -0.176. The van der Waals surface area contributed by atoms with E-state index in [0.717, 1.165) is 6.29 Å². The summed E-state index contributed by atoms with van der Waals surface area (Å²) < 4.78 is 23.1. The van der Waals surface area contributed by atoms with Crippen LogP contribution in [-0.4, -0.2) is 54.0 Å². The number of aldehydes is 1. The van der Waals surface area contributed by atoms with Gasteiger partial charge in [0.2, 0.25) is 0 Å². The molecule has 122 valence electrons. The smallest absolute Gasteiger partial charge is 0.164 e. The van der Waals surface area contributed by atoms with E-state index >= 15 is 0 Å². The Bertz CT molecular complexity index is 403. The van der Waals surface area contributed by atoms with Gasteiger partial charge in [0.1, 0.15) is 24.6 Å². The zero-order valence-corrected chi connectivity index (χ0v) is 13.6. The van der Waals surface area contributed by atoms with Gasteiger partial charge in [-0.15, -0.1) is 0 Å². The summed E-state index contributed by atoms with van der Waals surface area (Å²) in [5, 5.41) is 10.5. The molecule has 0 aromatic carbocycles. The van der Waals surface area contributed by atoms with Gasteiger partial charge in [0.05, 0.1) is 12.7 Å². The average molecular weight is 302 g/mol. The maximum absolute atomic E-state index is 11.2. The molecule has 6 heteroatoms. The fourth-order valence-corrected chi connectivity index (χ4v) is 2.72. The Morgan fingerprint density at radius 2 is 1.76 bits per heavy atom. The van der Waals surface area contributed by atoms with Gasteiger partial charge in [0.25, 0.3) is 0 Å². The Morgan fingerprint density at radius 1 is 1.14 bits per heavy atom. The first-order valence-corrected chi connectivity index (χ1v) is 7.29. The minimum absolute atomic E-state index is 0.344. The van der Waals surface area contributed by atoms with Crippen molar-refractivity contribution in [2.75, 3.05) is 6.61 Å². The van der Waals surface area contributed by atoms with Crippen LogP contribution in [0.5, 0.6) is 0 Å². The predicted molar refractivity (Wildman–Crippen MR) is 74.6 cm³/mol. The highest BCUT2D eigenvalue weighted by atomic mass is 16.8. The molecule has 2 fully saturated rings. The fraction of sp³-hybridized carbons (Fsp3) is 0.933. The molecular formula is C15H26O6. The summed E-state index contributed by atoms with van der Waals surface area (Å²) in [7, 11) is 0. The molecule has 0 spiro atoms. The number of carbonyl (C=O) groups excluding carboxylic acids is 1. The molecule has 0 amide bonds. The van der Waals surface area contributed by atoms with Crippen LogP contribution < -0.4 is 0 Å². The van der Waals surface area contributed by atoms with E-state index in [1.54, 1.807) is 27.7 Å². The summed E-state index contributed by atoms with van der Waals surface area (Å²) in [4.78, 5) is 11.2. The highest BCUT2D eigenvalue weighted by Gasteiger charge is 2.54. The number of aliphatic hydroxyl groups is 1. The Balaban J connectivity index is 2.20. The molecule has 0 bridgehead atoms. The van der Waals surface area contributed by atoms with E-state index in [9.17, 15) is 9.90 Å². The van der Waals surface area contributed by atoms with Crippen LogP contribution in [0.4, 0.5) is 0 Å². The molecule has 2 aliphatic heterocycles. The zero-order chi connectivity index (χ0) is 16.1. The van der Waals surface area contributed by atoms with Crippen LogP contribution in [0.15, 0.2) is 0 Å². The summed E-state index contributed by atoms with van der Waals surface area (Å²) in [6.07, 6.45) is -1.74. The third kappa shape index (κ3) is 3.46. The maximum Gasteiger partial charge on any atom is 0.164 e. The van der Waals surface area contributed by atoms with Crippen molar-refractivity contribution in [3.63, 3.8) is 0 Å². The van der Waals surface area contributed by atoms with Gasteiger partial charge in [-0.05, 0) is 27.7 Å². The third-order valence-electron chi connectivity index (χ3n) is 3.94. The van der Waals surface area contributed by atoms with Crippen molar-refractivity contribution in [3.8, 4) is 0 Å². The van der Waals surface area contributed by atoms with E-state index in [0.29, 0.717) is 6.61 Å². The maximum atomic E-state index is 11.2. The molecule has 2 aliphatic rings. The van der Waals surface area contributed by atoms with Crippen LogP contribution in [0.2, 0.25) is 0 Å². The molecule has 2 saturated heterocycles. The van der Waals surface area contributed by atoms with Gasteiger partial charge in [0.15, 0.2) is 11.6 Å². The van der Waals surface area contributed by atoms with Crippen molar-refractivity contribution in [2.24, 2.45) is 5.41 Å². The number of aliphatic hydroxyl groups excluding tert-OH is 1.